The standard InChI is InChI=1S/C23H26O7S/c1-14(2)31-23-19(25)20(30-22(27)16-11-7-4-8-12-16)18(24)17(29-23)13-28-21(26)15-9-5-3-6-10-15/h3-12,14,17-20,23-25H,13H2,1-2H3/t17-,18+,19-,20+,23+/m1/s1. The molecule has 5 atom stereocenters. The highest BCUT2D eigenvalue weighted by molar-refractivity contribution is 8.00. The van der Waals surface area contributed by atoms with Crippen LogP contribution in [0.25, 0.3) is 0 Å². The maximum Gasteiger partial charge on any atom is 0.338 e. The number of ether oxygens (including phenoxy) is 3. The van der Waals surface area contributed by atoms with E-state index in [0.717, 1.165) is 0 Å². The molecule has 7 nitrogen and oxygen atoms in total. The van der Waals surface area contributed by atoms with Gasteiger partial charge in [-0.25, -0.2) is 9.59 Å². The van der Waals surface area contributed by atoms with Crippen molar-refractivity contribution in [2.45, 2.75) is 48.9 Å². The summed E-state index contributed by atoms with van der Waals surface area (Å²) in [5.74, 6) is -1.23. The smallest absolute Gasteiger partial charge is 0.338 e. The largest absolute Gasteiger partial charge is 0.459 e. The highest BCUT2D eigenvalue weighted by atomic mass is 32.2. The van der Waals surface area contributed by atoms with Crippen molar-refractivity contribution in [1.29, 1.82) is 0 Å². The number of hydrogen-bond donors (Lipinski definition) is 2. The van der Waals surface area contributed by atoms with E-state index in [2.05, 4.69) is 0 Å². The molecule has 1 aliphatic rings. The van der Waals surface area contributed by atoms with Gasteiger partial charge in [0.1, 0.15) is 30.4 Å². The van der Waals surface area contributed by atoms with E-state index in [9.17, 15) is 19.8 Å². The van der Waals surface area contributed by atoms with Crippen molar-refractivity contribution in [2.24, 2.45) is 0 Å². The topological polar surface area (TPSA) is 102 Å². The number of esters is 2. The molecule has 0 aliphatic carbocycles. The number of aliphatic hydroxyl groups is 2. The Hall–Kier alpha value is -2.39. The van der Waals surface area contributed by atoms with Gasteiger partial charge in [0.25, 0.3) is 0 Å². The van der Waals surface area contributed by atoms with E-state index in [0.29, 0.717) is 11.1 Å². The molecule has 0 unspecified atom stereocenters. The van der Waals surface area contributed by atoms with Gasteiger partial charge in [-0.2, -0.15) is 0 Å². The van der Waals surface area contributed by atoms with Crippen LogP contribution in [0.15, 0.2) is 60.7 Å². The van der Waals surface area contributed by atoms with Gasteiger partial charge in [-0.15, -0.1) is 11.8 Å². The zero-order valence-corrected chi connectivity index (χ0v) is 18.1. The normalized spacial score (nSPS) is 25.8. The van der Waals surface area contributed by atoms with Gasteiger partial charge in [-0.05, 0) is 24.3 Å². The zero-order valence-electron chi connectivity index (χ0n) is 17.3. The lowest BCUT2D eigenvalue weighted by Gasteiger charge is -2.42. The molecule has 31 heavy (non-hydrogen) atoms. The predicted octanol–water partition coefficient (Wildman–Crippen LogP) is 2.66. The lowest BCUT2D eigenvalue weighted by Crippen LogP contribution is -2.59. The molecule has 1 saturated heterocycles. The van der Waals surface area contributed by atoms with Gasteiger partial charge in [-0.1, -0.05) is 50.2 Å². The van der Waals surface area contributed by atoms with Gasteiger partial charge in [0.2, 0.25) is 0 Å². The Morgan fingerprint density at radius 3 is 2.03 bits per heavy atom. The first kappa shape index (κ1) is 23.3. The molecule has 2 aromatic rings. The van der Waals surface area contributed by atoms with Crippen molar-refractivity contribution in [2.75, 3.05) is 6.61 Å². The molecule has 0 aromatic heterocycles. The number of benzene rings is 2. The summed E-state index contributed by atoms with van der Waals surface area (Å²) in [6.45, 7) is 3.61. The number of hydrogen-bond acceptors (Lipinski definition) is 8. The van der Waals surface area contributed by atoms with Gasteiger partial charge in [0, 0.05) is 5.25 Å². The molecule has 0 amide bonds. The second-order valence-corrected chi connectivity index (χ2v) is 9.09. The van der Waals surface area contributed by atoms with E-state index in [1.165, 1.54) is 11.8 Å². The lowest BCUT2D eigenvalue weighted by atomic mass is 10.00. The zero-order chi connectivity index (χ0) is 22.4. The summed E-state index contributed by atoms with van der Waals surface area (Å²) < 4.78 is 16.6. The summed E-state index contributed by atoms with van der Waals surface area (Å²) in [7, 11) is 0. The van der Waals surface area contributed by atoms with Gasteiger partial charge in [0.05, 0.1) is 11.1 Å². The molecule has 0 saturated carbocycles. The van der Waals surface area contributed by atoms with Gasteiger partial charge >= 0.3 is 11.9 Å². The highest BCUT2D eigenvalue weighted by Crippen LogP contribution is 2.33. The second kappa shape index (κ2) is 10.8. The van der Waals surface area contributed by atoms with Crippen LogP contribution in [0, 0.1) is 0 Å². The van der Waals surface area contributed by atoms with Crippen molar-refractivity contribution >= 4 is 23.7 Å². The molecule has 0 bridgehead atoms. The van der Waals surface area contributed by atoms with Crippen LogP contribution in [0.5, 0.6) is 0 Å². The van der Waals surface area contributed by atoms with E-state index < -0.39 is 41.8 Å². The van der Waals surface area contributed by atoms with E-state index in [1.807, 2.05) is 13.8 Å². The number of rotatable bonds is 7. The van der Waals surface area contributed by atoms with Crippen LogP contribution in [0.1, 0.15) is 34.6 Å². The third-order valence-electron chi connectivity index (χ3n) is 4.69. The summed E-state index contributed by atoms with van der Waals surface area (Å²) in [5.41, 5.74) is -0.0982. The van der Waals surface area contributed by atoms with E-state index >= 15 is 0 Å². The summed E-state index contributed by atoms with van der Waals surface area (Å²) in [6.07, 6.45) is -4.84. The predicted molar refractivity (Wildman–Crippen MR) is 116 cm³/mol. The van der Waals surface area contributed by atoms with Crippen molar-refractivity contribution in [3.8, 4) is 0 Å². The number of carbonyl (C=O) groups is 2. The first-order chi connectivity index (χ1) is 14.9. The van der Waals surface area contributed by atoms with Crippen LogP contribution in [-0.2, 0) is 14.2 Å². The molecule has 0 radical (unpaired) electrons. The third-order valence-corrected chi connectivity index (χ3v) is 5.89. The van der Waals surface area contributed by atoms with Crippen LogP contribution in [-0.4, -0.2) is 63.9 Å². The Kier molecular flexibility index (Phi) is 8.09. The van der Waals surface area contributed by atoms with Crippen molar-refractivity contribution in [3.05, 3.63) is 71.8 Å². The van der Waals surface area contributed by atoms with Crippen LogP contribution < -0.4 is 0 Å². The molecule has 1 heterocycles. The Morgan fingerprint density at radius 1 is 0.935 bits per heavy atom. The summed E-state index contributed by atoms with van der Waals surface area (Å²) >= 11 is 1.33. The first-order valence-electron chi connectivity index (χ1n) is 10.0. The Bertz CT molecular complexity index is 859. The average molecular weight is 447 g/mol. The monoisotopic (exact) mass is 446 g/mol. The summed E-state index contributed by atoms with van der Waals surface area (Å²) in [4.78, 5) is 24.8. The SMILES string of the molecule is CC(C)S[C@@H]1O[C@H](COC(=O)c2ccccc2)[C@H](O)[C@H](OC(=O)c2ccccc2)[C@H]1O. The Labute approximate surface area is 185 Å². The van der Waals surface area contributed by atoms with Crippen molar-refractivity contribution in [1.82, 2.24) is 0 Å². The Balaban J connectivity index is 1.72. The van der Waals surface area contributed by atoms with Crippen LogP contribution in [0.2, 0.25) is 0 Å². The van der Waals surface area contributed by atoms with Gasteiger partial charge in [-0.3, -0.25) is 0 Å². The van der Waals surface area contributed by atoms with Crippen molar-refractivity contribution in [3.63, 3.8) is 0 Å². The quantitative estimate of drug-likeness (QED) is 0.626. The minimum absolute atomic E-state index is 0.105. The number of thioether (sulfide) groups is 1. The van der Waals surface area contributed by atoms with E-state index in [-0.39, 0.29) is 11.9 Å². The van der Waals surface area contributed by atoms with Gasteiger partial charge < -0.3 is 24.4 Å². The molecule has 1 fully saturated rings. The fraction of sp³-hybridized carbons (Fsp3) is 0.391. The molecular weight excluding hydrogens is 420 g/mol. The van der Waals surface area contributed by atoms with Crippen molar-refractivity contribution < 1.29 is 34.0 Å². The van der Waals surface area contributed by atoms with Crippen LogP contribution in [0.4, 0.5) is 0 Å². The summed E-state index contributed by atoms with van der Waals surface area (Å²) in [6, 6.07) is 16.8. The fourth-order valence-corrected chi connectivity index (χ4v) is 4.20. The minimum atomic E-state index is -1.38. The number of carbonyl (C=O) groups excluding carboxylic acids is 2. The van der Waals surface area contributed by atoms with Crippen LogP contribution in [0.3, 0.4) is 0 Å². The van der Waals surface area contributed by atoms with Crippen LogP contribution >= 0.6 is 11.8 Å². The summed E-state index contributed by atoms with van der Waals surface area (Å²) in [5, 5.41) is 21.6. The molecule has 2 N–H and O–H groups in total. The molecule has 1 aliphatic heterocycles. The molecule has 166 valence electrons. The molecule has 0 spiro atoms. The molecular formula is C23H26O7S. The molecule has 2 aromatic carbocycles. The number of aliphatic hydroxyl groups excluding tert-OH is 2. The highest BCUT2D eigenvalue weighted by Gasteiger charge is 2.47. The average Bonchev–Trinajstić information content (AvgIpc) is 2.78. The molecule has 8 heteroatoms. The maximum atomic E-state index is 12.5. The minimum Gasteiger partial charge on any atom is -0.459 e. The lowest BCUT2D eigenvalue weighted by molar-refractivity contribution is -0.206. The second-order valence-electron chi connectivity index (χ2n) is 7.41. The van der Waals surface area contributed by atoms with Gasteiger partial charge in [0.15, 0.2) is 6.10 Å². The maximum absolute atomic E-state index is 12.5. The Morgan fingerprint density at radius 2 is 1.48 bits per heavy atom. The fourth-order valence-electron chi connectivity index (χ4n) is 3.14. The van der Waals surface area contributed by atoms with E-state index in [1.54, 1.807) is 60.7 Å². The first-order valence-corrected chi connectivity index (χ1v) is 11.0. The molecule has 3 rings (SSSR count). The van der Waals surface area contributed by atoms with E-state index in [4.69, 9.17) is 14.2 Å². The third kappa shape index (κ3) is 6.07.